The maximum absolute atomic E-state index is 10.5. The number of aromatic hydroxyl groups is 2. The number of thioether (sulfide) groups is 2. The first-order valence-electron chi connectivity index (χ1n) is 10.2. The molecule has 2 aromatic carbocycles. The normalized spacial score (nSPS) is 23.9. The summed E-state index contributed by atoms with van der Waals surface area (Å²) < 4.78 is 5.90. The van der Waals surface area contributed by atoms with Crippen LogP contribution < -0.4 is 0 Å². The molecule has 0 saturated carbocycles. The van der Waals surface area contributed by atoms with Crippen LogP contribution >= 0.6 is 23.5 Å². The highest BCUT2D eigenvalue weighted by Crippen LogP contribution is 2.27. The number of ether oxygens (including phenoxy) is 1. The van der Waals surface area contributed by atoms with Crippen molar-refractivity contribution in [3.8, 4) is 11.5 Å². The van der Waals surface area contributed by atoms with Gasteiger partial charge in [0.05, 0.1) is 18.8 Å². The molecule has 4 atom stereocenters. The number of aliphatic hydroxyl groups is 3. The number of nitrogens with zero attached hydrogens (tertiary/aromatic N) is 1. The van der Waals surface area contributed by atoms with E-state index in [1.54, 1.807) is 47.8 Å². The van der Waals surface area contributed by atoms with Gasteiger partial charge in [-0.25, -0.2) is 0 Å². The maximum Gasteiger partial charge on any atom is 0.139 e. The lowest BCUT2D eigenvalue weighted by atomic mass is 10.0. The van der Waals surface area contributed by atoms with Gasteiger partial charge >= 0.3 is 0 Å². The highest BCUT2D eigenvalue weighted by molar-refractivity contribution is 7.99. The molecule has 31 heavy (non-hydrogen) atoms. The number of hydrogen-bond acceptors (Lipinski definition) is 9. The van der Waals surface area contributed by atoms with Gasteiger partial charge in [0.15, 0.2) is 0 Å². The third kappa shape index (κ3) is 7.28. The maximum atomic E-state index is 10.5. The second-order valence-corrected chi connectivity index (χ2v) is 9.68. The molecule has 2 aromatic rings. The molecule has 5 N–H and O–H groups in total. The molecule has 0 aliphatic carbocycles. The van der Waals surface area contributed by atoms with Crippen LogP contribution in [0.1, 0.15) is 6.42 Å². The van der Waals surface area contributed by atoms with Crippen molar-refractivity contribution >= 4 is 23.5 Å². The highest BCUT2D eigenvalue weighted by atomic mass is 32.2. The van der Waals surface area contributed by atoms with E-state index < -0.39 is 24.5 Å². The second-order valence-electron chi connectivity index (χ2n) is 7.35. The van der Waals surface area contributed by atoms with Crippen LogP contribution in [-0.4, -0.2) is 86.2 Å². The summed E-state index contributed by atoms with van der Waals surface area (Å²) in [5.41, 5.74) is 0. The molecule has 7 nitrogen and oxygen atoms in total. The number of hydrogen-bond donors (Lipinski definition) is 5. The van der Waals surface area contributed by atoms with E-state index in [0.717, 1.165) is 21.3 Å². The quantitative estimate of drug-likeness (QED) is 0.335. The lowest BCUT2D eigenvalue weighted by molar-refractivity contribution is -0.224. The van der Waals surface area contributed by atoms with Gasteiger partial charge in [0.25, 0.3) is 0 Å². The van der Waals surface area contributed by atoms with E-state index in [9.17, 15) is 25.5 Å². The molecule has 1 aliphatic heterocycles. The summed E-state index contributed by atoms with van der Waals surface area (Å²) in [6.45, 7) is 1.00. The predicted molar refractivity (Wildman–Crippen MR) is 122 cm³/mol. The first-order chi connectivity index (χ1) is 15.0. The van der Waals surface area contributed by atoms with Gasteiger partial charge in [0.1, 0.15) is 23.8 Å². The van der Waals surface area contributed by atoms with Crippen LogP contribution in [0.5, 0.6) is 11.5 Å². The fourth-order valence-corrected chi connectivity index (χ4v) is 5.14. The van der Waals surface area contributed by atoms with Gasteiger partial charge in [-0.15, -0.1) is 23.5 Å². The molecule has 170 valence electrons. The van der Waals surface area contributed by atoms with Gasteiger partial charge < -0.3 is 30.3 Å². The van der Waals surface area contributed by atoms with Gasteiger partial charge in [-0.3, -0.25) is 4.90 Å². The Labute approximate surface area is 190 Å². The van der Waals surface area contributed by atoms with Crippen molar-refractivity contribution in [1.29, 1.82) is 0 Å². The molecule has 1 aliphatic rings. The third-order valence-electron chi connectivity index (χ3n) is 5.05. The van der Waals surface area contributed by atoms with E-state index in [1.807, 2.05) is 29.2 Å². The monoisotopic (exact) mass is 467 g/mol. The predicted octanol–water partition coefficient (Wildman–Crippen LogP) is 2.11. The fraction of sp³-hybridized carbons (Fsp3) is 0.455. The first-order valence-corrected chi connectivity index (χ1v) is 12.1. The molecule has 0 amide bonds. The Morgan fingerprint density at radius 3 is 1.77 bits per heavy atom. The van der Waals surface area contributed by atoms with E-state index in [-0.39, 0.29) is 24.5 Å². The van der Waals surface area contributed by atoms with Gasteiger partial charge in [-0.1, -0.05) is 0 Å². The third-order valence-corrected chi connectivity index (χ3v) is 7.04. The minimum absolute atomic E-state index is 0.201. The number of aliphatic hydroxyl groups excluding tert-OH is 3. The molecule has 1 heterocycles. The number of phenols is 2. The van der Waals surface area contributed by atoms with Gasteiger partial charge in [-0.2, -0.15) is 0 Å². The van der Waals surface area contributed by atoms with E-state index in [1.165, 1.54) is 0 Å². The number of rotatable bonds is 10. The molecule has 0 bridgehead atoms. The number of phenolic OH excluding ortho intramolecular Hbond substituents is 2. The van der Waals surface area contributed by atoms with E-state index >= 15 is 0 Å². The average Bonchev–Trinajstić information content (AvgIpc) is 2.77. The van der Waals surface area contributed by atoms with E-state index in [4.69, 9.17) is 4.74 Å². The van der Waals surface area contributed by atoms with Crippen LogP contribution in [0.25, 0.3) is 0 Å². The van der Waals surface area contributed by atoms with Crippen molar-refractivity contribution in [2.24, 2.45) is 0 Å². The Morgan fingerprint density at radius 2 is 1.32 bits per heavy atom. The Balaban J connectivity index is 1.61. The zero-order valence-electron chi connectivity index (χ0n) is 17.1. The van der Waals surface area contributed by atoms with Gasteiger partial charge in [-0.05, 0) is 48.5 Å². The summed E-state index contributed by atoms with van der Waals surface area (Å²) in [6.07, 6.45) is -3.03. The Bertz CT molecular complexity index is 740. The summed E-state index contributed by atoms with van der Waals surface area (Å²) in [5, 5.41) is 49.1. The molecule has 3 rings (SSSR count). The zero-order valence-corrected chi connectivity index (χ0v) is 18.7. The van der Waals surface area contributed by atoms with Gasteiger partial charge in [0, 0.05) is 40.8 Å². The van der Waals surface area contributed by atoms with Crippen molar-refractivity contribution in [3.63, 3.8) is 0 Å². The lowest BCUT2D eigenvalue weighted by Crippen LogP contribution is -2.57. The Hall–Kier alpha value is -1.46. The van der Waals surface area contributed by atoms with E-state index in [0.29, 0.717) is 13.1 Å². The average molecular weight is 468 g/mol. The van der Waals surface area contributed by atoms with Crippen molar-refractivity contribution in [2.45, 2.75) is 40.8 Å². The Kier molecular flexibility index (Phi) is 9.33. The van der Waals surface area contributed by atoms with Crippen LogP contribution in [-0.2, 0) is 4.74 Å². The summed E-state index contributed by atoms with van der Waals surface area (Å²) in [4.78, 5) is 4.04. The van der Waals surface area contributed by atoms with Crippen molar-refractivity contribution < 1.29 is 30.3 Å². The first kappa shape index (κ1) is 24.2. The highest BCUT2D eigenvalue weighted by Gasteiger charge is 2.39. The van der Waals surface area contributed by atoms with E-state index in [2.05, 4.69) is 0 Å². The van der Waals surface area contributed by atoms with Crippen molar-refractivity contribution in [1.82, 2.24) is 4.90 Å². The fourth-order valence-electron chi connectivity index (χ4n) is 3.36. The second kappa shape index (κ2) is 12.0. The SMILES string of the molecule is OCC1CC(O)C(O)C(N(CCSc2ccc(O)cc2)CCSc2ccc(O)cc2)O1. The summed E-state index contributed by atoms with van der Waals surface area (Å²) in [7, 11) is 0. The lowest BCUT2D eigenvalue weighted by Gasteiger charge is -2.42. The van der Waals surface area contributed by atoms with Crippen LogP contribution in [0.3, 0.4) is 0 Å². The van der Waals surface area contributed by atoms with Crippen LogP contribution in [0.4, 0.5) is 0 Å². The molecule has 4 unspecified atom stereocenters. The number of benzene rings is 2. The topological polar surface area (TPSA) is 114 Å². The summed E-state index contributed by atoms with van der Waals surface area (Å²) in [5.74, 6) is 1.89. The zero-order chi connectivity index (χ0) is 22.2. The standard InChI is InChI=1S/C22H29NO6S2/c24-14-17-13-20(27)21(28)22(29-17)23(9-11-30-18-5-1-15(25)2-6-18)10-12-31-19-7-3-16(26)4-8-19/h1-8,17,20-22,24-28H,9-14H2. The minimum Gasteiger partial charge on any atom is -0.508 e. The molecule has 0 aromatic heterocycles. The molecular weight excluding hydrogens is 438 g/mol. The van der Waals surface area contributed by atoms with Crippen LogP contribution in [0.2, 0.25) is 0 Å². The van der Waals surface area contributed by atoms with Crippen molar-refractivity contribution in [2.75, 3.05) is 31.2 Å². The van der Waals surface area contributed by atoms with Crippen LogP contribution in [0.15, 0.2) is 58.3 Å². The minimum atomic E-state index is -1.06. The van der Waals surface area contributed by atoms with Crippen LogP contribution in [0, 0.1) is 0 Å². The Morgan fingerprint density at radius 1 is 0.839 bits per heavy atom. The molecule has 1 fully saturated rings. The molecule has 0 radical (unpaired) electrons. The van der Waals surface area contributed by atoms with Gasteiger partial charge in [0.2, 0.25) is 0 Å². The molecular formula is C22H29NO6S2. The molecule has 0 spiro atoms. The summed E-state index contributed by atoms with van der Waals surface area (Å²) >= 11 is 3.25. The largest absolute Gasteiger partial charge is 0.508 e. The van der Waals surface area contributed by atoms with Crippen molar-refractivity contribution in [3.05, 3.63) is 48.5 Å². The molecule has 1 saturated heterocycles. The molecule has 9 heteroatoms. The summed E-state index contributed by atoms with van der Waals surface area (Å²) in [6, 6.07) is 14.0. The smallest absolute Gasteiger partial charge is 0.139 e.